The normalized spacial score (nSPS) is 10.8. The first-order valence-corrected chi connectivity index (χ1v) is 9.17. The molecule has 7 heteroatoms. The first-order chi connectivity index (χ1) is 13.5. The molecule has 3 rings (SSSR count). The van der Waals surface area contributed by atoms with Crippen LogP contribution in [0.5, 0.6) is 0 Å². The number of nitrogens with zero attached hydrogens (tertiary/aromatic N) is 1. The standard InChI is InChI=1S/C21H21N3O3S/c1-3-10-24-20(26)17-9-8-14(11-18(17)23-21(24)28)19(25)22-12-15-6-4-5-7-16(15)13-27-2/h3-9,11H,1,10,12-13H2,2H3,(H,22,25)(H,23,28). The molecule has 2 N–H and O–H groups in total. The third-order valence-electron chi connectivity index (χ3n) is 4.41. The number of carbonyl (C=O) groups is 1. The van der Waals surface area contributed by atoms with Gasteiger partial charge in [-0.25, -0.2) is 0 Å². The molecule has 0 saturated carbocycles. The lowest BCUT2D eigenvalue weighted by Gasteiger charge is -2.11. The van der Waals surface area contributed by atoms with Crippen molar-refractivity contribution in [2.24, 2.45) is 0 Å². The molecule has 0 radical (unpaired) electrons. The molecule has 0 fully saturated rings. The van der Waals surface area contributed by atoms with E-state index in [1.165, 1.54) is 4.57 Å². The molecule has 1 aromatic heterocycles. The summed E-state index contributed by atoms with van der Waals surface area (Å²) in [7, 11) is 1.64. The zero-order valence-electron chi connectivity index (χ0n) is 15.5. The Bertz CT molecular complexity index is 1150. The Morgan fingerprint density at radius 3 is 2.75 bits per heavy atom. The Kier molecular flexibility index (Phi) is 6.18. The van der Waals surface area contributed by atoms with Crippen LogP contribution in [0.4, 0.5) is 0 Å². The van der Waals surface area contributed by atoms with Gasteiger partial charge < -0.3 is 15.0 Å². The summed E-state index contributed by atoms with van der Waals surface area (Å²) in [5.74, 6) is -0.233. The average molecular weight is 395 g/mol. The number of carbonyl (C=O) groups excluding carboxylic acids is 1. The number of fused-ring (bicyclic) bond motifs is 1. The van der Waals surface area contributed by atoms with Crippen LogP contribution in [0.1, 0.15) is 21.5 Å². The molecular formula is C21H21N3O3S. The minimum absolute atomic E-state index is 0.209. The number of benzene rings is 2. The molecule has 3 aromatic rings. The van der Waals surface area contributed by atoms with Crippen molar-refractivity contribution in [2.45, 2.75) is 19.7 Å². The van der Waals surface area contributed by atoms with Gasteiger partial charge in [0.2, 0.25) is 0 Å². The second-order valence-electron chi connectivity index (χ2n) is 6.28. The molecule has 0 aliphatic heterocycles. The molecular weight excluding hydrogens is 374 g/mol. The van der Waals surface area contributed by atoms with Gasteiger partial charge in [0.25, 0.3) is 11.5 Å². The molecule has 0 bridgehead atoms. The Hall–Kier alpha value is -3.03. The summed E-state index contributed by atoms with van der Waals surface area (Å²) in [6.45, 7) is 4.83. The number of aromatic amines is 1. The molecule has 0 aliphatic rings. The van der Waals surface area contributed by atoms with Crippen LogP contribution in [0, 0.1) is 4.77 Å². The molecule has 0 unspecified atom stereocenters. The smallest absolute Gasteiger partial charge is 0.262 e. The van der Waals surface area contributed by atoms with Crippen molar-refractivity contribution in [3.8, 4) is 0 Å². The van der Waals surface area contributed by atoms with Crippen LogP contribution in [0.3, 0.4) is 0 Å². The Morgan fingerprint density at radius 2 is 2.04 bits per heavy atom. The number of allylic oxidation sites excluding steroid dienone is 1. The Labute approximate surface area is 167 Å². The number of hydrogen-bond donors (Lipinski definition) is 2. The minimum atomic E-state index is -0.233. The highest BCUT2D eigenvalue weighted by Crippen LogP contribution is 2.13. The number of H-pyrrole nitrogens is 1. The van der Waals surface area contributed by atoms with Gasteiger partial charge in [-0.05, 0) is 41.5 Å². The first-order valence-electron chi connectivity index (χ1n) is 8.77. The van der Waals surface area contributed by atoms with Crippen LogP contribution in [-0.4, -0.2) is 22.6 Å². The summed E-state index contributed by atoms with van der Waals surface area (Å²) in [6.07, 6.45) is 1.61. The van der Waals surface area contributed by atoms with Crippen LogP contribution in [0.2, 0.25) is 0 Å². The van der Waals surface area contributed by atoms with Gasteiger partial charge in [0.1, 0.15) is 0 Å². The molecule has 28 heavy (non-hydrogen) atoms. The second kappa shape index (κ2) is 8.77. The quantitative estimate of drug-likeness (QED) is 0.475. The van der Waals surface area contributed by atoms with Gasteiger partial charge in [0.05, 0.1) is 17.5 Å². The molecule has 6 nitrogen and oxygen atoms in total. The van der Waals surface area contributed by atoms with Crippen molar-refractivity contribution >= 4 is 29.0 Å². The van der Waals surface area contributed by atoms with Crippen molar-refractivity contribution in [3.05, 3.63) is 86.9 Å². The maximum atomic E-state index is 12.6. The number of hydrogen-bond acceptors (Lipinski definition) is 4. The van der Waals surface area contributed by atoms with Crippen LogP contribution in [0.15, 0.2) is 59.9 Å². The average Bonchev–Trinajstić information content (AvgIpc) is 2.70. The highest BCUT2D eigenvalue weighted by Gasteiger charge is 2.11. The lowest BCUT2D eigenvalue weighted by molar-refractivity contribution is 0.0950. The highest BCUT2D eigenvalue weighted by molar-refractivity contribution is 7.71. The van der Waals surface area contributed by atoms with E-state index in [0.29, 0.717) is 40.9 Å². The number of aromatic nitrogens is 2. The molecule has 0 atom stereocenters. The topological polar surface area (TPSA) is 76.1 Å². The van der Waals surface area contributed by atoms with Crippen LogP contribution < -0.4 is 10.9 Å². The summed E-state index contributed by atoms with van der Waals surface area (Å²) in [6, 6.07) is 12.7. The maximum Gasteiger partial charge on any atom is 0.262 e. The highest BCUT2D eigenvalue weighted by atomic mass is 32.1. The molecule has 1 amide bonds. The van der Waals surface area contributed by atoms with Gasteiger partial charge in [-0.2, -0.15) is 0 Å². The van der Waals surface area contributed by atoms with E-state index in [1.54, 1.807) is 31.4 Å². The molecule has 2 aromatic carbocycles. The van der Waals surface area contributed by atoms with Gasteiger partial charge in [-0.3, -0.25) is 14.2 Å². The third kappa shape index (κ3) is 4.11. The Balaban J connectivity index is 1.85. The molecule has 0 aliphatic carbocycles. The predicted octanol–water partition coefficient (Wildman–Crippen LogP) is 3.32. The third-order valence-corrected chi connectivity index (χ3v) is 4.74. The van der Waals surface area contributed by atoms with Gasteiger partial charge in [0, 0.05) is 25.8 Å². The lowest BCUT2D eigenvalue weighted by Crippen LogP contribution is -2.24. The van der Waals surface area contributed by atoms with Gasteiger partial charge >= 0.3 is 0 Å². The van der Waals surface area contributed by atoms with Gasteiger partial charge in [0.15, 0.2) is 4.77 Å². The summed E-state index contributed by atoms with van der Waals surface area (Å²) in [5, 5.41) is 3.38. The van der Waals surface area contributed by atoms with Gasteiger partial charge in [-0.1, -0.05) is 30.3 Å². The van der Waals surface area contributed by atoms with Gasteiger partial charge in [-0.15, -0.1) is 6.58 Å². The zero-order chi connectivity index (χ0) is 20.1. The van der Waals surface area contributed by atoms with Crippen molar-refractivity contribution in [1.82, 2.24) is 14.9 Å². The number of methoxy groups -OCH3 is 1. The molecule has 144 valence electrons. The molecule has 0 saturated heterocycles. The van der Waals surface area contributed by atoms with Crippen molar-refractivity contribution in [1.29, 1.82) is 0 Å². The fourth-order valence-electron chi connectivity index (χ4n) is 2.99. The van der Waals surface area contributed by atoms with Crippen molar-refractivity contribution < 1.29 is 9.53 Å². The largest absolute Gasteiger partial charge is 0.380 e. The van der Waals surface area contributed by atoms with E-state index < -0.39 is 0 Å². The van der Waals surface area contributed by atoms with E-state index >= 15 is 0 Å². The van der Waals surface area contributed by atoms with Crippen LogP contribution in [-0.2, 0) is 24.4 Å². The van der Waals surface area contributed by atoms with Crippen LogP contribution in [0.25, 0.3) is 10.9 Å². The monoisotopic (exact) mass is 395 g/mol. The zero-order valence-corrected chi connectivity index (χ0v) is 16.3. The number of amides is 1. The van der Waals surface area contributed by atoms with Crippen LogP contribution >= 0.6 is 12.2 Å². The van der Waals surface area contributed by atoms with E-state index in [0.717, 1.165) is 11.1 Å². The van der Waals surface area contributed by atoms with Crippen molar-refractivity contribution in [2.75, 3.05) is 7.11 Å². The fraction of sp³-hybridized carbons (Fsp3) is 0.190. The molecule has 1 heterocycles. The second-order valence-corrected chi connectivity index (χ2v) is 6.67. The maximum absolute atomic E-state index is 12.6. The van der Waals surface area contributed by atoms with E-state index in [-0.39, 0.29) is 11.5 Å². The SMILES string of the molecule is C=CCn1c(=S)[nH]c2cc(C(=O)NCc3ccccc3COC)ccc2c1=O. The number of rotatable bonds is 7. The number of ether oxygens (including phenoxy) is 1. The van der Waals surface area contributed by atoms with E-state index in [9.17, 15) is 9.59 Å². The fourth-order valence-corrected chi connectivity index (χ4v) is 3.26. The first kappa shape index (κ1) is 19.7. The minimum Gasteiger partial charge on any atom is -0.380 e. The summed E-state index contributed by atoms with van der Waals surface area (Å²) < 4.78 is 6.92. The summed E-state index contributed by atoms with van der Waals surface area (Å²) in [5.41, 5.74) is 2.78. The number of nitrogens with one attached hydrogen (secondary N) is 2. The molecule has 0 spiro atoms. The Morgan fingerprint density at radius 1 is 1.29 bits per heavy atom. The van der Waals surface area contributed by atoms with E-state index in [1.807, 2.05) is 24.3 Å². The van der Waals surface area contributed by atoms with Crippen molar-refractivity contribution in [3.63, 3.8) is 0 Å². The lowest BCUT2D eigenvalue weighted by atomic mass is 10.1. The van der Waals surface area contributed by atoms with E-state index in [4.69, 9.17) is 17.0 Å². The summed E-state index contributed by atoms with van der Waals surface area (Å²) in [4.78, 5) is 28.1. The van der Waals surface area contributed by atoms with E-state index in [2.05, 4.69) is 16.9 Å². The summed E-state index contributed by atoms with van der Waals surface area (Å²) >= 11 is 5.24. The predicted molar refractivity (Wildman–Crippen MR) is 112 cm³/mol.